The van der Waals surface area contributed by atoms with E-state index in [0.717, 1.165) is 30.9 Å². The summed E-state index contributed by atoms with van der Waals surface area (Å²) in [6.45, 7) is 3.62. The molecule has 0 aliphatic carbocycles. The van der Waals surface area contributed by atoms with Crippen LogP contribution >= 0.6 is 0 Å². The van der Waals surface area contributed by atoms with Crippen molar-refractivity contribution in [2.75, 3.05) is 11.9 Å². The summed E-state index contributed by atoms with van der Waals surface area (Å²) in [6, 6.07) is 4.52. The average Bonchev–Trinajstić information content (AvgIpc) is 2.89. The fraction of sp³-hybridized carbons (Fsp3) is 0.267. The van der Waals surface area contributed by atoms with E-state index in [0.29, 0.717) is 11.2 Å². The first-order valence-electron chi connectivity index (χ1n) is 6.86. The number of hydrogen-bond donors (Lipinski definition) is 1. The van der Waals surface area contributed by atoms with E-state index in [1.165, 1.54) is 18.5 Å². The summed E-state index contributed by atoms with van der Waals surface area (Å²) in [6.07, 6.45) is 6.18. The molecule has 0 radical (unpaired) electrons. The van der Waals surface area contributed by atoms with Crippen LogP contribution in [0.3, 0.4) is 0 Å². The Hall–Kier alpha value is -2.50. The molecular weight excluding hydrogens is 269 g/mol. The first-order chi connectivity index (χ1) is 10.2. The van der Waals surface area contributed by atoms with Crippen molar-refractivity contribution in [3.63, 3.8) is 0 Å². The molecule has 0 amide bonds. The van der Waals surface area contributed by atoms with Crippen LogP contribution in [-0.2, 0) is 6.54 Å². The zero-order chi connectivity index (χ0) is 14.7. The molecule has 0 aliphatic heterocycles. The number of aromatic nitrogens is 4. The minimum atomic E-state index is -0.283. The molecule has 108 valence electrons. The van der Waals surface area contributed by atoms with Gasteiger partial charge in [0, 0.05) is 30.9 Å². The van der Waals surface area contributed by atoms with Crippen molar-refractivity contribution in [2.45, 2.75) is 19.9 Å². The summed E-state index contributed by atoms with van der Waals surface area (Å²) in [5.41, 5.74) is 0.736. The highest BCUT2D eigenvalue weighted by Crippen LogP contribution is 2.19. The highest BCUT2D eigenvalue weighted by atomic mass is 19.1. The molecule has 1 N–H and O–H groups in total. The maximum Gasteiger partial charge on any atom is 0.137 e. The molecule has 3 rings (SSSR count). The Bertz CT molecular complexity index is 753. The maximum absolute atomic E-state index is 13.3. The minimum Gasteiger partial charge on any atom is -0.369 e. The van der Waals surface area contributed by atoms with Gasteiger partial charge < -0.3 is 9.88 Å². The molecule has 0 spiro atoms. The number of fused-ring (bicyclic) bond motifs is 1. The zero-order valence-electron chi connectivity index (χ0n) is 11.8. The van der Waals surface area contributed by atoms with Gasteiger partial charge >= 0.3 is 0 Å². The van der Waals surface area contributed by atoms with Crippen LogP contribution in [-0.4, -0.2) is 26.1 Å². The Morgan fingerprint density at radius 3 is 2.95 bits per heavy atom. The number of imidazole rings is 1. The lowest BCUT2D eigenvalue weighted by Crippen LogP contribution is -2.08. The van der Waals surface area contributed by atoms with Gasteiger partial charge in [-0.15, -0.1) is 0 Å². The van der Waals surface area contributed by atoms with Crippen LogP contribution in [0.25, 0.3) is 10.9 Å². The number of nitrogens with zero attached hydrogens (tertiary/aromatic N) is 4. The van der Waals surface area contributed by atoms with Gasteiger partial charge in [0.25, 0.3) is 0 Å². The maximum atomic E-state index is 13.3. The molecule has 2 aromatic heterocycles. The number of nitrogens with one attached hydrogen (secondary N) is 1. The predicted octanol–water partition coefficient (Wildman–Crippen LogP) is 2.78. The number of aryl methyl sites for hydroxylation is 2. The largest absolute Gasteiger partial charge is 0.369 e. The van der Waals surface area contributed by atoms with E-state index in [-0.39, 0.29) is 5.82 Å². The van der Waals surface area contributed by atoms with Crippen molar-refractivity contribution in [3.05, 3.63) is 48.6 Å². The third-order valence-electron chi connectivity index (χ3n) is 3.39. The second-order valence-electron chi connectivity index (χ2n) is 4.83. The van der Waals surface area contributed by atoms with Gasteiger partial charge in [0.15, 0.2) is 0 Å². The fourth-order valence-electron chi connectivity index (χ4n) is 2.27. The van der Waals surface area contributed by atoms with Gasteiger partial charge in [0.1, 0.15) is 23.8 Å². The molecule has 21 heavy (non-hydrogen) atoms. The van der Waals surface area contributed by atoms with E-state index in [4.69, 9.17) is 0 Å². The number of benzene rings is 1. The zero-order valence-corrected chi connectivity index (χ0v) is 11.8. The Balaban J connectivity index is 1.65. The summed E-state index contributed by atoms with van der Waals surface area (Å²) >= 11 is 0. The topological polar surface area (TPSA) is 55.6 Å². The number of anilines is 1. The third kappa shape index (κ3) is 2.99. The van der Waals surface area contributed by atoms with Crippen LogP contribution < -0.4 is 5.32 Å². The summed E-state index contributed by atoms with van der Waals surface area (Å²) in [5, 5.41) is 3.95. The van der Waals surface area contributed by atoms with Gasteiger partial charge in [0.05, 0.1) is 5.52 Å². The SMILES string of the molecule is Cc1nccn1CCCNc1ncnc2ccc(F)cc12. The molecule has 5 nitrogen and oxygen atoms in total. The average molecular weight is 285 g/mol. The standard InChI is InChI=1S/C15H16FN5/c1-11-17-6-8-21(11)7-2-5-18-15-13-9-12(16)3-4-14(13)19-10-20-15/h3-4,6,8-10H,2,5,7H2,1H3,(H,18,19,20). The van der Waals surface area contributed by atoms with Crippen molar-refractivity contribution >= 4 is 16.7 Å². The van der Waals surface area contributed by atoms with E-state index in [9.17, 15) is 4.39 Å². The summed E-state index contributed by atoms with van der Waals surface area (Å²) < 4.78 is 15.4. The van der Waals surface area contributed by atoms with Crippen LogP contribution in [0.4, 0.5) is 10.2 Å². The number of hydrogen-bond acceptors (Lipinski definition) is 4. The monoisotopic (exact) mass is 285 g/mol. The highest BCUT2D eigenvalue weighted by molar-refractivity contribution is 5.88. The van der Waals surface area contributed by atoms with Gasteiger partial charge in [-0.3, -0.25) is 0 Å². The van der Waals surface area contributed by atoms with E-state index in [1.807, 2.05) is 13.1 Å². The van der Waals surface area contributed by atoms with Crippen LogP contribution in [0.1, 0.15) is 12.2 Å². The van der Waals surface area contributed by atoms with Crippen molar-refractivity contribution in [3.8, 4) is 0 Å². The van der Waals surface area contributed by atoms with E-state index >= 15 is 0 Å². The van der Waals surface area contributed by atoms with E-state index < -0.39 is 0 Å². The number of rotatable bonds is 5. The molecule has 0 aliphatic rings. The molecule has 0 atom stereocenters. The van der Waals surface area contributed by atoms with Crippen LogP contribution in [0.5, 0.6) is 0 Å². The second kappa shape index (κ2) is 5.87. The quantitative estimate of drug-likeness (QED) is 0.732. The molecule has 0 saturated heterocycles. The molecule has 6 heteroatoms. The lowest BCUT2D eigenvalue weighted by Gasteiger charge is -2.09. The van der Waals surface area contributed by atoms with Gasteiger partial charge in [-0.05, 0) is 31.5 Å². The van der Waals surface area contributed by atoms with Crippen LogP contribution in [0, 0.1) is 12.7 Å². The van der Waals surface area contributed by atoms with Crippen molar-refractivity contribution in [2.24, 2.45) is 0 Å². The summed E-state index contributed by atoms with van der Waals surface area (Å²) in [5.74, 6) is 1.39. The number of halogens is 1. The first-order valence-corrected chi connectivity index (χ1v) is 6.86. The molecule has 0 bridgehead atoms. The van der Waals surface area contributed by atoms with E-state index in [1.54, 1.807) is 12.3 Å². The third-order valence-corrected chi connectivity index (χ3v) is 3.39. The Morgan fingerprint density at radius 2 is 2.14 bits per heavy atom. The predicted molar refractivity (Wildman–Crippen MR) is 79.6 cm³/mol. The molecule has 2 heterocycles. The second-order valence-corrected chi connectivity index (χ2v) is 4.83. The summed E-state index contributed by atoms with van der Waals surface area (Å²) in [4.78, 5) is 12.5. The molecule has 0 saturated carbocycles. The normalized spacial score (nSPS) is 11.0. The highest BCUT2D eigenvalue weighted by Gasteiger charge is 2.04. The van der Waals surface area contributed by atoms with Gasteiger partial charge in [-0.25, -0.2) is 19.3 Å². The molecular formula is C15H16FN5. The van der Waals surface area contributed by atoms with Gasteiger partial charge in [0.2, 0.25) is 0 Å². The van der Waals surface area contributed by atoms with Crippen LogP contribution in [0.15, 0.2) is 36.9 Å². The van der Waals surface area contributed by atoms with Gasteiger partial charge in [-0.2, -0.15) is 0 Å². The van der Waals surface area contributed by atoms with Crippen molar-refractivity contribution < 1.29 is 4.39 Å². The smallest absolute Gasteiger partial charge is 0.137 e. The van der Waals surface area contributed by atoms with Crippen LogP contribution in [0.2, 0.25) is 0 Å². The van der Waals surface area contributed by atoms with Crippen molar-refractivity contribution in [1.82, 2.24) is 19.5 Å². The lowest BCUT2D eigenvalue weighted by atomic mass is 10.2. The Labute approximate surface area is 121 Å². The molecule has 1 aromatic carbocycles. The Kier molecular flexibility index (Phi) is 3.77. The minimum absolute atomic E-state index is 0.283. The van der Waals surface area contributed by atoms with Crippen molar-refractivity contribution in [1.29, 1.82) is 0 Å². The lowest BCUT2D eigenvalue weighted by molar-refractivity contribution is 0.629. The molecule has 0 fully saturated rings. The Morgan fingerprint density at radius 1 is 1.24 bits per heavy atom. The first kappa shape index (κ1) is 13.5. The summed E-state index contributed by atoms with van der Waals surface area (Å²) in [7, 11) is 0. The van der Waals surface area contributed by atoms with Gasteiger partial charge in [-0.1, -0.05) is 0 Å². The molecule has 3 aromatic rings. The fourth-order valence-corrected chi connectivity index (χ4v) is 2.27. The molecule has 0 unspecified atom stereocenters. The van der Waals surface area contributed by atoms with E-state index in [2.05, 4.69) is 24.8 Å².